The van der Waals surface area contributed by atoms with E-state index in [0.717, 1.165) is 19.3 Å². The third-order valence-corrected chi connectivity index (χ3v) is 1.42. The molecule has 0 heterocycles. The van der Waals surface area contributed by atoms with Crippen molar-refractivity contribution in [2.75, 3.05) is 13.6 Å². The number of rotatable bonds is 4. The molecule has 0 aliphatic heterocycles. The van der Waals surface area contributed by atoms with E-state index in [2.05, 4.69) is 6.92 Å². The zero-order valence-corrected chi connectivity index (χ0v) is 8.63. The third-order valence-electron chi connectivity index (χ3n) is 1.42. The van der Waals surface area contributed by atoms with Crippen LogP contribution in [0, 0.1) is 0 Å². The Labute approximate surface area is 75.4 Å². The summed E-state index contributed by atoms with van der Waals surface area (Å²) in [6, 6.07) is 0. The van der Waals surface area contributed by atoms with Gasteiger partial charge in [0.05, 0.1) is 0 Å². The number of hydrogen-bond donors (Lipinski definition) is 1. The van der Waals surface area contributed by atoms with E-state index in [9.17, 15) is 4.79 Å². The molecule has 0 spiro atoms. The number of unbranched alkanes of at least 4 members (excludes halogenated alkanes) is 2. The molecule has 0 aromatic carbocycles. The highest BCUT2D eigenvalue weighted by Crippen LogP contribution is 1.95. The summed E-state index contributed by atoms with van der Waals surface area (Å²) in [5, 5.41) is 8.41. The first-order chi connectivity index (χ1) is 5.68. The van der Waals surface area contributed by atoms with Gasteiger partial charge in [-0.1, -0.05) is 33.6 Å². The monoisotopic (exact) mass is 175 g/mol. The zero-order valence-electron chi connectivity index (χ0n) is 8.63. The Morgan fingerprint density at radius 2 is 1.83 bits per heavy atom. The van der Waals surface area contributed by atoms with Gasteiger partial charge in [0.15, 0.2) is 0 Å². The second-order valence-corrected chi connectivity index (χ2v) is 2.41. The van der Waals surface area contributed by atoms with Crippen molar-refractivity contribution in [2.24, 2.45) is 0 Å². The highest BCUT2D eigenvalue weighted by molar-refractivity contribution is 5.64. The van der Waals surface area contributed by atoms with Crippen LogP contribution >= 0.6 is 0 Å². The van der Waals surface area contributed by atoms with E-state index in [-0.39, 0.29) is 0 Å². The maximum absolute atomic E-state index is 10.2. The largest absolute Gasteiger partial charge is 0.465 e. The van der Waals surface area contributed by atoms with Crippen molar-refractivity contribution < 1.29 is 9.90 Å². The van der Waals surface area contributed by atoms with Gasteiger partial charge in [0, 0.05) is 13.6 Å². The Hall–Kier alpha value is -0.730. The van der Waals surface area contributed by atoms with Gasteiger partial charge < -0.3 is 10.0 Å². The van der Waals surface area contributed by atoms with E-state index in [1.54, 1.807) is 7.05 Å². The van der Waals surface area contributed by atoms with Crippen LogP contribution in [-0.4, -0.2) is 29.7 Å². The summed E-state index contributed by atoms with van der Waals surface area (Å²) in [6.45, 7) is 6.75. The minimum atomic E-state index is -0.837. The summed E-state index contributed by atoms with van der Waals surface area (Å²) < 4.78 is 0. The molecule has 0 fully saturated rings. The SMILES string of the molecule is CC.CCCCCN(C)C(=O)O. The molecule has 12 heavy (non-hydrogen) atoms. The van der Waals surface area contributed by atoms with Gasteiger partial charge in [-0.25, -0.2) is 4.79 Å². The van der Waals surface area contributed by atoms with Gasteiger partial charge in [-0.15, -0.1) is 0 Å². The molecule has 74 valence electrons. The predicted octanol–water partition coefficient (Wildman–Crippen LogP) is 2.81. The van der Waals surface area contributed by atoms with E-state index < -0.39 is 6.09 Å². The number of amides is 1. The van der Waals surface area contributed by atoms with Crippen LogP contribution in [-0.2, 0) is 0 Å². The Morgan fingerprint density at radius 1 is 1.33 bits per heavy atom. The minimum absolute atomic E-state index is 0.656. The molecular formula is C9H21NO2. The second-order valence-electron chi connectivity index (χ2n) is 2.41. The number of carboxylic acid groups (broad SMARTS) is 1. The average Bonchev–Trinajstić information content (AvgIpc) is 2.08. The molecule has 0 aromatic heterocycles. The average molecular weight is 175 g/mol. The van der Waals surface area contributed by atoms with Crippen LogP contribution < -0.4 is 0 Å². The summed E-state index contributed by atoms with van der Waals surface area (Å²) in [5.41, 5.74) is 0. The Balaban J connectivity index is 0. The van der Waals surface area contributed by atoms with Crippen molar-refractivity contribution in [2.45, 2.75) is 40.0 Å². The fraction of sp³-hybridized carbons (Fsp3) is 0.889. The van der Waals surface area contributed by atoms with Crippen LogP contribution in [0.25, 0.3) is 0 Å². The van der Waals surface area contributed by atoms with Gasteiger partial charge >= 0.3 is 6.09 Å². The topological polar surface area (TPSA) is 40.5 Å². The van der Waals surface area contributed by atoms with Crippen LogP contribution in [0.5, 0.6) is 0 Å². The van der Waals surface area contributed by atoms with Gasteiger partial charge in [-0.3, -0.25) is 0 Å². The van der Waals surface area contributed by atoms with Crippen molar-refractivity contribution in [1.29, 1.82) is 0 Å². The van der Waals surface area contributed by atoms with E-state index in [0.29, 0.717) is 6.54 Å². The standard InChI is InChI=1S/C7H15NO2.C2H6/c1-3-4-5-6-8(2)7(9)10;1-2/h3-6H2,1-2H3,(H,9,10);1-2H3. The summed E-state index contributed by atoms with van der Waals surface area (Å²) in [7, 11) is 1.60. The van der Waals surface area contributed by atoms with Crippen molar-refractivity contribution >= 4 is 6.09 Å². The first-order valence-electron chi connectivity index (χ1n) is 4.62. The molecule has 0 aliphatic carbocycles. The predicted molar refractivity (Wildman–Crippen MR) is 51.5 cm³/mol. The first kappa shape index (κ1) is 13.8. The van der Waals surface area contributed by atoms with Crippen LogP contribution in [0.3, 0.4) is 0 Å². The van der Waals surface area contributed by atoms with Gasteiger partial charge in [-0.2, -0.15) is 0 Å². The smallest absolute Gasteiger partial charge is 0.407 e. The summed E-state index contributed by atoms with van der Waals surface area (Å²) >= 11 is 0. The summed E-state index contributed by atoms with van der Waals surface area (Å²) in [6.07, 6.45) is 2.38. The molecular weight excluding hydrogens is 154 g/mol. The molecule has 3 nitrogen and oxygen atoms in total. The maximum atomic E-state index is 10.2. The lowest BCUT2D eigenvalue weighted by Crippen LogP contribution is -2.25. The summed E-state index contributed by atoms with van der Waals surface area (Å²) in [5.74, 6) is 0. The maximum Gasteiger partial charge on any atom is 0.407 e. The van der Waals surface area contributed by atoms with Gasteiger partial charge in [0.2, 0.25) is 0 Å². The molecule has 0 atom stereocenters. The Morgan fingerprint density at radius 3 is 2.17 bits per heavy atom. The lowest BCUT2D eigenvalue weighted by atomic mass is 10.2. The zero-order chi connectivity index (χ0) is 9.98. The fourth-order valence-electron chi connectivity index (χ4n) is 0.695. The van der Waals surface area contributed by atoms with Gasteiger partial charge in [0.25, 0.3) is 0 Å². The number of nitrogens with zero attached hydrogens (tertiary/aromatic N) is 1. The van der Waals surface area contributed by atoms with Crippen LogP contribution in [0.2, 0.25) is 0 Å². The quantitative estimate of drug-likeness (QED) is 0.667. The third kappa shape index (κ3) is 9.27. The first-order valence-corrected chi connectivity index (χ1v) is 4.62. The Kier molecular flexibility index (Phi) is 11.8. The van der Waals surface area contributed by atoms with E-state index in [4.69, 9.17) is 5.11 Å². The Bertz CT molecular complexity index is 105. The molecule has 0 unspecified atom stereocenters. The van der Waals surface area contributed by atoms with Crippen molar-refractivity contribution in [1.82, 2.24) is 4.90 Å². The van der Waals surface area contributed by atoms with E-state index in [1.807, 2.05) is 13.8 Å². The lowest BCUT2D eigenvalue weighted by Gasteiger charge is -2.11. The van der Waals surface area contributed by atoms with Crippen molar-refractivity contribution in [3.05, 3.63) is 0 Å². The molecule has 1 N–H and O–H groups in total. The molecule has 0 bridgehead atoms. The fourth-order valence-corrected chi connectivity index (χ4v) is 0.695. The van der Waals surface area contributed by atoms with Crippen LogP contribution in [0.15, 0.2) is 0 Å². The number of hydrogen-bond acceptors (Lipinski definition) is 1. The van der Waals surface area contributed by atoms with E-state index in [1.165, 1.54) is 4.90 Å². The highest BCUT2D eigenvalue weighted by Gasteiger charge is 2.02. The van der Waals surface area contributed by atoms with Gasteiger partial charge in [-0.05, 0) is 6.42 Å². The van der Waals surface area contributed by atoms with Crippen molar-refractivity contribution in [3.63, 3.8) is 0 Å². The number of carbonyl (C=O) groups is 1. The molecule has 0 radical (unpaired) electrons. The normalized spacial score (nSPS) is 8.33. The highest BCUT2D eigenvalue weighted by atomic mass is 16.4. The van der Waals surface area contributed by atoms with E-state index >= 15 is 0 Å². The summed E-state index contributed by atoms with van der Waals surface area (Å²) in [4.78, 5) is 11.5. The van der Waals surface area contributed by atoms with Gasteiger partial charge in [0.1, 0.15) is 0 Å². The molecule has 1 amide bonds. The van der Waals surface area contributed by atoms with Crippen molar-refractivity contribution in [3.8, 4) is 0 Å². The minimum Gasteiger partial charge on any atom is -0.465 e. The molecule has 0 aliphatic rings. The molecule has 0 saturated heterocycles. The van der Waals surface area contributed by atoms with Crippen LogP contribution in [0.1, 0.15) is 40.0 Å². The molecule has 0 saturated carbocycles. The molecule has 0 aromatic rings. The van der Waals surface area contributed by atoms with Crippen LogP contribution in [0.4, 0.5) is 4.79 Å². The lowest BCUT2D eigenvalue weighted by molar-refractivity contribution is 0.155. The second kappa shape index (κ2) is 10.3. The molecule has 0 rings (SSSR count). The molecule has 3 heteroatoms.